The number of hydrogen-bond acceptors (Lipinski definition) is 3. The smallest absolute Gasteiger partial charge is 0.335 e. The van der Waals surface area contributed by atoms with Gasteiger partial charge in [-0.25, -0.2) is 4.79 Å². The van der Waals surface area contributed by atoms with Gasteiger partial charge in [0, 0.05) is 4.47 Å². The summed E-state index contributed by atoms with van der Waals surface area (Å²) in [4.78, 5) is 10.1. The normalized spacial score (nSPS) is 11.3. The minimum atomic E-state index is -4.32. The third-order valence-corrected chi connectivity index (χ3v) is 3.29. The molecule has 1 aromatic rings. The van der Waals surface area contributed by atoms with Crippen LogP contribution in [0.5, 0.6) is 0 Å². The van der Waals surface area contributed by atoms with Gasteiger partial charge in [0.25, 0.3) is 10.1 Å². The maximum absolute atomic E-state index is 10.7. The molecule has 2 N–H and O–H groups in total. The minimum absolute atomic E-state index is 0.0138. The number of carboxylic acids is 1. The van der Waals surface area contributed by atoms with Gasteiger partial charge in [0.05, 0.1) is 5.56 Å². The van der Waals surface area contributed by atoms with Gasteiger partial charge in [0.1, 0.15) is 4.90 Å². The summed E-state index contributed by atoms with van der Waals surface area (Å²) in [6.07, 6.45) is 0. The SMILES string of the molecule is O=C(O)c1ccc(S(=O)(=O)O)c(Br)c1. The van der Waals surface area contributed by atoms with Gasteiger partial charge in [-0.15, -0.1) is 0 Å². The molecule has 0 saturated heterocycles. The number of rotatable bonds is 2. The molecule has 1 aromatic carbocycles. The molecule has 0 bridgehead atoms. The molecular weight excluding hydrogens is 276 g/mol. The first-order valence-corrected chi connectivity index (χ1v) is 5.56. The molecule has 0 saturated carbocycles. The van der Waals surface area contributed by atoms with Crippen molar-refractivity contribution in [2.45, 2.75) is 4.90 Å². The average molecular weight is 281 g/mol. The van der Waals surface area contributed by atoms with Crippen LogP contribution in [0.3, 0.4) is 0 Å². The van der Waals surface area contributed by atoms with E-state index in [1.54, 1.807) is 0 Å². The maximum atomic E-state index is 10.7. The Morgan fingerprint density at radius 1 is 1.36 bits per heavy atom. The van der Waals surface area contributed by atoms with Crippen LogP contribution >= 0.6 is 15.9 Å². The van der Waals surface area contributed by atoms with E-state index in [1.165, 1.54) is 0 Å². The number of benzene rings is 1. The van der Waals surface area contributed by atoms with Gasteiger partial charge in [-0.2, -0.15) is 8.42 Å². The van der Waals surface area contributed by atoms with E-state index in [0.717, 1.165) is 18.2 Å². The topological polar surface area (TPSA) is 91.7 Å². The van der Waals surface area contributed by atoms with Crippen molar-refractivity contribution < 1.29 is 22.9 Å². The summed E-state index contributed by atoms with van der Waals surface area (Å²) in [5, 5.41) is 8.57. The third kappa shape index (κ3) is 2.31. The predicted octanol–water partition coefficient (Wildman–Crippen LogP) is 1.39. The van der Waals surface area contributed by atoms with Crippen molar-refractivity contribution >= 4 is 32.0 Å². The monoisotopic (exact) mass is 280 g/mol. The Hall–Kier alpha value is -0.920. The molecule has 0 aliphatic rings. The molecule has 7 heteroatoms. The van der Waals surface area contributed by atoms with Gasteiger partial charge < -0.3 is 5.11 Å². The molecule has 1 rings (SSSR count). The summed E-state index contributed by atoms with van der Waals surface area (Å²) >= 11 is 2.85. The molecule has 76 valence electrons. The van der Waals surface area contributed by atoms with E-state index in [1.807, 2.05) is 0 Å². The fourth-order valence-electron chi connectivity index (χ4n) is 0.843. The van der Waals surface area contributed by atoms with E-state index in [4.69, 9.17) is 9.66 Å². The third-order valence-electron chi connectivity index (χ3n) is 1.46. The number of carboxylic acid groups (broad SMARTS) is 1. The van der Waals surface area contributed by atoms with Crippen molar-refractivity contribution in [2.24, 2.45) is 0 Å². The largest absolute Gasteiger partial charge is 0.478 e. The van der Waals surface area contributed by atoms with Crippen molar-refractivity contribution in [2.75, 3.05) is 0 Å². The average Bonchev–Trinajstić information content (AvgIpc) is 2.01. The van der Waals surface area contributed by atoms with Gasteiger partial charge in [0.2, 0.25) is 0 Å². The second-order valence-corrected chi connectivity index (χ2v) is 4.67. The summed E-state index contributed by atoms with van der Waals surface area (Å²) in [5.41, 5.74) is -0.0655. The molecule has 0 unspecified atom stereocenters. The molecule has 0 spiro atoms. The van der Waals surface area contributed by atoms with Crippen molar-refractivity contribution in [3.05, 3.63) is 28.2 Å². The molecule has 5 nitrogen and oxygen atoms in total. The number of halogens is 1. The number of aromatic carboxylic acids is 1. The first-order chi connectivity index (χ1) is 6.32. The second-order valence-electron chi connectivity index (χ2n) is 2.43. The molecule has 0 heterocycles. The van der Waals surface area contributed by atoms with E-state index in [-0.39, 0.29) is 14.9 Å². The highest BCUT2D eigenvalue weighted by Crippen LogP contribution is 2.22. The fourth-order valence-corrected chi connectivity index (χ4v) is 2.38. The van der Waals surface area contributed by atoms with E-state index in [0.29, 0.717) is 0 Å². The molecule has 14 heavy (non-hydrogen) atoms. The lowest BCUT2D eigenvalue weighted by molar-refractivity contribution is 0.0696. The van der Waals surface area contributed by atoms with Gasteiger partial charge in [-0.1, -0.05) is 0 Å². The molecule has 0 aliphatic carbocycles. The van der Waals surface area contributed by atoms with Crippen molar-refractivity contribution in [3.63, 3.8) is 0 Å². The van der Waals surface area contributed by atoms with Crippen LogP contribution in [0.25, 0.3) is 0 Å². The Balaban J connectivity index is 3.35. The van der Waals surface area contributed by atoms with E-state index in [9.17, 15) is 13.2 Å². The predicted molar refractivity (Wildman–Crippen MR) is 50.9 cm³/mol. The second kappa shape index (κ2) is 3.68. The molecular formula is C7H5BrO5S. The Kier molecular flexibility index (Phi) is 2.93. The molecule has 0 fully saturated rings. The van der Waals surface area contributed by atoms with Crippen LogP contribution < -0.4 is 0 Å². The van der Waals surface area contributed by atoms with Crippen LogP contribution in [0, 0.1) is 0 Å². The molecule has 0 aromatic heterocycles. The summed E-state index contributed by atoms with van der Waals surface area (Å²) in [7, 11) is -4.32. The van der Waals surface area contributed by atoms with E-state index >= 15 is 0 Å². The highest BCUT2D eigenvalue weighted by molar-refractivity contribution is 9.10. The van der Waals surface area contributed by atoms with Gasteiger partial charge in [-0.3, -0.25) is 4.55 Å². The highest BCUT2D eigenvalue weighted by Gasteiger charge is 2.15. The van der Waals surface area contributed by atoms with Crippen LogP contribution in [0.15, 0.2) is 27.6 Å². The highest BCUT2D eigenvalue weighted by atomic mass is 79.9. The Bertz CT molecular complexity index is 479. The zero-order chi connectivity index (χ0) is 10.9. The molecule has 0 radical (unpaired) electrons. The van der Waals surface area contributed by atoms with Gasteiger partial charge >= 0.3 is 5.97 Å². The molecule has 0 atom stereocenters. The maximum Gasteiger partial charge on any atom is 0.335 e. The van der Waals surface area contributed by atoms with Crippen molar-refractivity contribution in [1.82, 2.24) is 0 Å². The van der Waals surface area contributed by atoms with Crippen LogP contribution in [0.1, 0.15) is 10.4 Å². The lowest BCUT2D eigenvalue weighted by Crippen LogP contribution is -2.02. The molecule has 0 aliphatic heterocycles. The number of carbonyl (C=O) groups is 1. The summed E-state index contributed by atoms with van der Waals surface area (Å²) in [6, 6.07) is 3.21. The fraction of sp³-hybridized carbons (Fsp3) is 0. The number of hydrogen-bond donors (Lipinski definition) is 2. The van der Waals surface area contributed by atoms with Crippen molar-refractivity contribution in [1.29, 1.82) is 0 Å². The van der Waals surface area contributed by atoms with Crippen LogP contribution in [-0.2, 0) is 10.1 Å². The first kappa shape index (κ1) is 11.2. The van der Waals surface area contributed by atoms with Crippen LogP contribution in [0.2, 0.25) is 0 Å². The lowest BCUT2D eigenvalue weighted by atomic mass is 10.2. The Morgan fingerprint density at radius 3 is 2.29 bits per heavy atom. The summed E-state index contributed by atoms with van der Waals surface area (Å²) in [6.45, 7) is 0. The van der Waals surface area contributed by atoms with Gasteiger partial charge in [-0.05, 0) is 34.1 Å². The standard InChI is InChI=1S/C7H5BrO5S/c8-5-3-4(7(9)10)1-2-6(5)14(11,12)13/h1-3H,(H,9,10)(H,11,12,13). The van der Waals surface area contributed by atoms with E-state index in [2.05, 4.69) is 15.9 Å². The van der Waals surface area contributed by atoms with Crippen LogP contribution in [-0.4, -0.2) is 24.0 Å². The lowest BCUT2D eigenvalue weighted by Gasteiger charge is -2.01. The zero-order valence-electron chi connectivity index (χ0n) is 6.64. The Morgan fingerprint density at radius 2 is 1.93 bits per heavy atom. The first-order valence-electron chi connectivity index (χ1n) is 3.32. The summed E-state index contributed by atoms with van der Waals surface area (Å²) in [5.74, 6) is -1.17. The summed E-state index contributed by atoms with van der Waals surface area (Å²) < 4.78 is 30.1. The van der Waals surface area contributed by atoms with Crippen molar-refractivity contribution in [3.8, 4) is 0 Å². The zero-order valence-corrected chi connectivity index (χ0v) is 9.04. The quantitative estimate of drug-likeness (QED) is 0.799. The van der Waals surface area contributed by atoms with Gasteiger partial charge in [0.15, 0.2) is 0 Å². The van der Waals surface area contributed by atoms with E-state index < -0.39 is 16.1 Å². The van der Waals surface area contributed by atoms with Crippen LogP contribution in [0.4, 0.5) is 0 Å². The molecule has 0 amide bonds. The Labute approximate surface area is 88.2 Å². The minimum Gasteiger partial charge on any atom is -0.478 e.